The van der Waals surface area contributed by atoms with E-state index in [1.807, 2.05) is 0 Å². The van der Waals surface area contributed by atoms with Crippen molar-refractivity contribution in [1.29, 1.82) is 0 Å². The van der Waals surface area contributed by atoms with Crippen LogP contribution >= 0.6 is 44.8 Å². The first-order chi connectivity index (χ1) is 15.2. The molecule has 0 aromatic heterocycles. The Hall–Kier alpha value is -2.40. The molecular weight excluding hydrogens is 495 g/mol. The lowest BCUT2D eigenvalue weighted by molar-refractivity contribution is -0.118. The Bertz CT molecular complexity index is 955. The van der Waals surface area contributed by atoms with E-state index < -0.39 is 11.8 Å². The van der Waals surface area contributed by atoms with Crippen LogP contribution < -0.4 is 22.1 Å². The highest BCUT2D eigenvalue weighted by Crippen LogP contribution is 2.42. The number of rotatable bonds is 11. The first-order valence-corrected chi connectivity index (χ1v) is 12.1. The van der Waals surface area contributed by atoms with Gasteiger partial charge in [-0.2, -0.15) is 0 Å². The van der Waals surface area contributed by atoms with Crippen LogP contribution in [-0.2, 0) is 9.59 Å². The lowest BCUT2D eigenvalue weighted by Gasteiger charge is -2.12. The van der Waals surface area contributed by atoms with Crippen LogP contribution in [0.1, 0.15) is 33.6 Å². The van der Waals surface area contributed by atoms with Crippen molar-refractivity contribution in [1.82, 2.24) is 10.6 Å². The van der Waals surface area contributed by atoms with Crippen LogP contribution in [0.5, 0.6) is 0 Å². The minimum absolute atomic E-state index is 0.0211. The van der Waals surface area contributed by atoms with Gasteiger partial charge >= 0.3 is 0 Å². The predicted molar refractivity (Wildman–Crippen MR) is 127 cm³/mol. The van der Waals surface area contributed by atoms with Crippen LogP contribution in [0.4, 0.5) is 0 Å². The molecule has 0 fully saturated rings. The molecule has 0 saturated heterocycles. The van der Waals surface area contributed by atoms with Gasteiger partial charge in [-0.1, -0.05) is 44.8 Å². The molecule has 0 aliphatic heterocycles. The third-order valence-electron chi connectivity index (χ3n) is 3.91. The van der Waals surface area contributed by atoms with E-state index in [1.54, 1.807) is 36.4 Å². The lowest BCUT2D eigenvalue weighted by atomic mass is 10.2. The fourth-order valence-corrected chi connectivity index (χ4v) is 5.25. The summed E-state index contributed by atoms with van der Waals surface area (Å²) in [6, 6.07) is 9.55. The molecule has 0 radical (unpaired) electrons. The van der Waals surface area contributed by atoms with Crippen LogP contribution in [-0.4, -0.2) is 36.7 Å². The van der Waals surface area contributed by atoms with Gasteiger partial charge < -0.3 is 22.1 Å². The second-order valence-electron chi connectivity index (χ2n) is 6.39. The monoisotopic (exact) mass is 514 g/mol. The number of hydrogen-bond acceptors (Lipinski definition) is 6. The van der Waals surface area contributed by atoms with Crippen molar-refractivity contribution in [2.45, 2.75) is 22.6 Å². The molecule has 2 aromatic rings. The van der Waals surface area contributed by atoms with Crippen LogP contribution in [0.15, 0.2) is 46.2 Å². The summed E-state index contributed by atoms with van der Waals surface area (Å²) in [5.41, 5.74) is 10.9. The van der Waals surface area contributed by atoms with Gasteiger partial charge in [-0.3, -0.25) is 19.2 Å². The molecule has 0 unspecified atom stereocenters. The molecule has 0 spiro atoms. The fourth-order valence-electron chi connectivity index (χ4n) is 2.38. The van der Waals surface area contributed by atoms with Crippen molar-refractivity contribution < 1.29 is 19.2 Å². The minimum Gasteiger partial charge on any atom is -0.370 e. The van der Waals surface area contributed by atoms with Gasteiger partial charge in [-0.25, -0.2) is 0 Å². The number of nitrogens with two attached hydrogens (primary N) is 2. The summed E-state index contributed by atoms with van der Waals surface area (Å²) < 4.78 is 0. The summed E-state index contributed by atoms with van der Waals surface area (Å²) in [6.07, 6.45) is 0.0423. The normalized spacial score (nSPS) is 10.4. The highest BCUT2D eigenvalue weighted by atomic mass is 35.5. The van der Waals surface area contributed by atoms with Gasteiger partial charge in [-0.05, 0) is 36.4 Å². The molecule has 12 heteroatoms. The van der Waals surface area contributed by atoms with E-state index in [4.69, 9.17) is 34.7 Å². The smallest absolute Gasteiger partial charge is 0.252 e. The van der Waals surface area contributed by atoms with E-state index in [0.29, 0.717) is 31.0 Å². The number of hydrogen-bond donors (Lipinski definition) is 4. The average Bonchev–Trinajstić information content (AvgIpc) is 2.71. The number of nitrogens with one attached hydrogen (secondary N) is 2. The Labute approximate surface area is 202 Å². The van der Waals surface area contributed by atoms with Crippen LogP contribution in [0.25, 0.3) is 0 Å². The number of halogens is 2. The third kappa shape index (κ3) is 8.27. The van der Waals surface area contributed by atoms with Crippen LogP contribution in [0, 0.1) is 0 Å². The molecule has 8 nitrogen and oxygen atoms in total. The first kappa shape index (κ1) is 25.9. The summed E-state index contributed by atoms with van der Waals surface area (Å²) in [7, 11) is 2.44. The minimum atomic E-state index is -0.519. The van der Waals surface area contributed by atoms with Gasteiger partial charge in [0.25, 0.3) is 11.8 Å². The van der Waals surface area contributed by atoms with Gasteiger partial charge in [0.05, 0.1) is 11.1 Å². The topological polar surface area (TPSA) is 144 Å². The van der Waals surface area contributed by atoms with Gasteiger partial charge in [0.2, 0.25) is 11.8 Å². The Morgan fingerprint density at radius 3 is 1.44 bits per heavy atom. The third-order valence-corrected chi connectivity index (χ3v) is 6.83. The molecule has 170 valence electrons. The highest BCUT2D eigenvalue weighted by Gasteiger charge is 2.17. The van der Waals surface area contributed by atoms with Gasteiger partial charge in [-0.15, -0.1) is 0 Å². The molecule has 0 aliphatic carbocycles. The number of primary amides is 2. The SMILES string of the molecule is NC(=O)CCNC(=O)c1ccc(Cl)cc1SSc1cc(Cl)ccc1C(=O)NCCC(N)=O. The van der Waals surface area contributed by atoms with E-state index in [9.17, 15) is 19.2 Å². The maximum absolute atomic E-state index is 12.5. The number of amides is 4. The molecule has 4 amide bonds. The zero-order chi connectivity index (χ0) is 23.7. The summed E-state index contributed by atoms with van der Waals surface area (Å²) in [5, 5.41) is 6.12. The standard InChI is InChI=1S/C20H20Cl2N4O4S2/c21-11-1-3-13(19(29)25-7-5-17(23)27)15(9-11)31-32-16-10-12(22)2-4-14(16)20(30)26-8-6-18(24)28/h1-4,9-10H,5-8H2,(H2,23,27)(H2,24,28)(H,25,29)(H,26,30). The quantitative estimate of drug-likeness (QED) is 0.339. The second kappa shape index (κ2) is 12.6. The molecule has 6 N–H and O–H groups in total. The zero-order valence-corrected chi connectivity index (χ0v) is 19.8. The molecule has 0 atom stereocenters. The Morgan fingerprint density at radius 2 is 1.09 bits per heavy atom. The largest absolute Gasteiger partial charge is 0.370 e. The Morgan fingerprint density at radius 1 is 0.719 bits per heavy atom. The summed E-state index contributed by atoms with van der Waals surface area (Å²) >= 11 is 12.2. The van der Waals surface area contributed by atoms with E-state index in [0.717, 1.165) is 0 Å². The summed E-state index contributed by atoms with van der Waals surface area (Å²) in [5.74, 6) is -1.81. The van der Waals surface area contributed by atoms with Gasteiger partial charge in [0.1, 0.15) is 0 Å². The molecule has 0 aliphatic rings. The van der Waals surface area contributed by atoms with E-state index in [2.05, 4.69) is 10.6 Å². The number of carbonyl (C=O) groups is 4. The maximum atomic E-state index is 12.5. The first-order valence-electron chi connectivity index (χ1n) is 9.24. The fraction of sp³-hybridized carbons (Fsp3) is 0.200. The summed E-state index contributed by atoms with van der Waals surface area (Å²) in [4.78, 5) is 47.9. The number of carbonyl (C=O) groups excluding carboxylic acids is 4. The predicted octanol–water partition coefficient (Wildman–Crippen LogP) is 3.00. The van der Waals surface area contributed by atoms with Crippen molar-refractivity contribution in [3.8, 4) is 0 Å². The number of benzene rings is 2. The Balaban J connectivity index is 2.17. The van der Waals surface area contributed by atoms with Crippen LogP contribution in [0.2, 0.25) is 10.0 Å². The van der Waals surface area contributed by atoms with Crippen LogP contribution in [0.3, 0.4) is 0 Å². The van der Waals surface area contributed by atoms with Crippen molar-refractivity contribution >= 4 is 68.4 Å². The lowest BCUT2D eigenvalue weighted by Crippen LogP contribution is -2.28. The molecular formula is C20H20Cl2N4O4S2. The molecule has 2 aromatic carbocycles. The summed E-state index contributed by atoms with van der Waals surface area (Å²) in [6.45, 7) is 0.218. The van der Waals surface area contributed by atoms with Crippen molar-refractivity contribution in [2.75, 3.05) is 13.1 Å². The molecule has 0 heterocycles. The highest BCUT2D eigenvalue weighted by molar-refractivity contribution is 8.76. The van der Waals surface area contributed by atoms with E-state index in [1.165, 1.54) is 21.6 Å². The molecule has 0 bridgehead atoms. The Kier molecular flexibility index (Phi) is 10.2. The molecule has 0 saturated carbocycles. The maximum Gasteiger partial charge on any atom is 0.252 e. The molecule has 32 heavy (non-hydrogen) atoms. The van der Waals surface area contributed by atoms with Crippen molar-refractivity contribution in [2.24, 2.45) is 11.5 Å². The van der Waals surface area contributed by atoms with Crippen molar-refractivity contribution in [3.63, 3.8) is 0 Å². The molecule has 2 rings (SSSR count). The zero-order valence-electron chi connectivity index (χ0n) is 16.7. The van der Waals surface area contributed by atoms with Gasteiger partial charge in [0, 0.05) is 45.8 Å². The van der Waals surface area contributed by atoms with Crippen molar-refractivity contribution in [3.05, 3.63) is 57.6 Å². The van der Waals surface area contributed by atoms with Gasteiger partial charge in [0.15, 0.2) is 0 Å². The average molecular weight is 515 g/mol. The van der Waals surface area contributed by atoms with E-state index >= 15 is 0 Å². The second-order valence-corrected chi connectivity index (χ2v) is 9.48. The van der Waals surface area contributed by atoms with E-state index in [-0.39, 0.29) is 37.7 Å².